The zero-order valence-electron chi connectivity index (χ0n) is 16.1. The quantitative estimate of drug-likeness (QED) is 0.606. The number of carbonyl (C=O) groups is 2. The van der Waals surface area contributed by atoms with Crippen LogP contribution in [0.3, 0.4) is 0 Å². The lowest BCUT2D eigenvalue weighted by atomic mass is 10.1. The molecule has 0 aliphatic heterocycles. The van der Waals surface area contributed by atoms with E-state index in [0.717, 1.165) is 22.6 Å². The van der Waals surface area contributed by atoms with Crippen molar-refractivity contribution in [2.75, 3.05) is 5.32 Å². The summed E-state index contributed by atoms with van der Waals surface area (Å²) in [6, 6.07) is 15.5. The summed E-state index contributed by atoms with van der Waals surface area (Å²) in [5.74, 6) is -0.995. The van der Waals surface area contributed by atoms with Crippen molar-refractivity contribution in [3.05, 3.63) is 70.7 Å². The molecular formula is C22H22N2O3S. The molecule has 0 spiro atoms. The number of aromatic nitrogens is 1. The number of ether oxygens (including phenoxy) is 1. The van der Waals surface area contributed by atoms with E-state index in [0.29, 0.717) is 5.69 Å². The van der Waals surface area contributed by atoms with Crippen molar-refractivity contribution in [1.82, 2.24) is 4.98 Å². The lowest BCUT2D eigenvalue weighted by molar-refractivity contribution is -0.123. The zero-order chi connectivity index (χ0) is 20.1. The van der Waals surface area contributed by atoms with Crippen molar-refractivity contribution in [1.29, 1.82) is 0 Å². The van der Waals surface area contributed by atoms with Crippen LogP contribution in [0.2, 0.25) is 0 Å². The predicted molar refractivity (Wildman–Crippen MR) is 112 cm³/mol. The van der Waals surface area contributed by atoms with Crippen LogP contribution in [-0.2, 0) is 16.0 Å². The summed E-state index contributed by atoms with van der Waals surface area (Å²) in [5.41, 5.74) is 4.15. The Balaban J connectivity index is 1.60. The Bertz CT molecular complexity index is 962. The van der Waals surface area contributed by atoms with E-state index >= 15 is 0 Å². The van der Waals surface area contributed by atoms with Crippen LogP contribution >= 0.6 is 11.3 Å². The van der Waals surface area contributed by atoms with E-state index in [9.17, 15) is 9.59 Å². The number of nitrogens with one attached hydrogen (secondary N) is 1. The molecule has 1 heterocycles. The molecule has 1 N–H and O–H groups in total. The number of thiazole rings is 1. The molecule has 0 bridgehead atoms. The summed E-state index contributed by atoms with van der Waals surface area (Å²) in [7, 11) is 0. The van der Waals surface area contributed by atoms with E-state index in [1.54, 1.807) is 12.3 Å². The summed E-state index contributed by atoms with van der Waals surface area (Å²) in [6.07, 6.45) is 0.00312. The number of carbonyl (C=O) groups excluding carboxylic acids is 2. The maximum Gasteiger partial charge on any atom is 0.358 e. The number of nitrogens with zero attached hydrogens (tertiary/aromatic N) is 1. The fraction of sp³-hybridized carbons (Fsp3) is 0.227. The van der Waals surface area contributed by atoms with Gasteiger partial charge in [-0.3, -0.25) is 4.79 Å². The Morgan fingerprint density at radius 3 is 2.43 bits per heavy atom. The number of anilines is 1. The van der Waals surface area contributed by atoms with Gasteiger partial charge in [-0.1, -0.05) is 48.9 Å². The molecule has 2 aromatic carbocycles. The molecule has 0 fully saturated rings. The molecular weight excluding hydrogens is 372 g/mol. The largest absolute Gasteiger partial charge is 0.448 e. The van der Waals surface area contributed by atoms with Gasteiger partial charge in [-0.25, -0.2) is 9.78 Å². The van der Waals surface area contributed by atoms with Gasteiger partial charge < -0.3 is 10.1 Å². The molecule has 0 saturated carbocycles. The van der Waals surface area contributed by atoms with Crippen LogP contribution in [0.1, 0.15) is 35.5 Å². The first kappa shape index (κ1) is 19.8. The van der Waals surface area contributed by atoms with Gasteiger partial charge in [0.15, 0.2) is 11.8 Å². The molecule has 5 nitrogen and oxygen atoms in total. The number of amides is 1. The van der Waals surface area contributed by atoms with Crippen LogP contribution in [0.15, 0.2) is 53.9 Å². The Kier molecular flexibility index (Phi) is 6.21. The second-order valence-electron chi connectivity index (χ2n) is 6.49. The molecule has 3 aromatic rings. The molecule has 0 unspecified atom stereocenters. The van der Waals surface area contributed by atoms with Gasteiger partial charge >= 0.3 is 5.97 Å². The molecule has 1 aromatic heterocycles. The first-order valence-corrected chi connectivity index (χ1v) is 9.97. The first-order valence-electron chi connectivity index (χ1n) is 9.09. The van der Waals surface area contributed by atoms with Crippen LogP contribution in [0.25, 0.3) is 10.6 Å². The van der Waals surface area contributed by atoms with Gasteiger partial charge in [-0.15, -0.1) is 11.3 Å². The second-order valence-corrected chi connectivity index (χ2v) is 7.35. The number of hydrogen-bond acceptors (Lipinski definition) is 5. The van der Waals surface area contributed by atoms with Crippen LogP contribution in [0.5, 0.6) is 0 Å². The lowest BCUT2D eigenvalue weighted by Crippen LogP contribution is -2.30. The van der Waals surface area contributed by atoms with Gasteiger partial charge in [0, 0.05) is 16.6 Å². The fourth-order valence-electron chi connectivity index (χ4n) is 2.54. The van der Waals surface area contributed by atoms with Gasteiger partial charge in [0.05, 0.1) is 0 Å². The Morgan fingerprint density at radius 2 is 1.79 bits per heavy atom. The minimum atomic E-state index is -0.928. The average molecular weight is 394 g/mol. The van der Waals surface area contributed by atoms with Gasteiger partial charge in [-0.05, 0) is 38.0 Å². The minimum Gasteiger partial charge on any atom is -0.448 e. The molecule has 0 aliphatic carbocycles. The Labute approximate surface area is 168 Å². The summed E-state index contributed by atoms with van der Waals surface area (Å²) in [5, 5.41) is 5.13. The van der Waals surface area contributed by atoms with Gasteiger partial charge in [0.1, 0.15) is 5.01 Å². The normalized spacial score (nSPS) is 11.7. The maximum atomic E-state index is 12.3. The van der Waals surface area contributed by atoms with Gasteiger partial charge in [0.25, 0.3) is 5.91 Å². The molecule has 0 radical (unpaired) electrons. The Hall–Kier alpha value is -2.99. The average Bonchev–Trinajstić information content (AvgIpc) is 3.19. The molecule has 0 saturated heterocycles. The topological polar surface area (TPSA) is 68.3 Å². The predicted octanol–water partition coefficient (Wildman–Crippen LogP) is 4.86. The molecule has 1 amide bonds. The summed E-state index contributed by atoms with van der Waals surface area (Å²) >= 11 is 1.37. The van der Waals surface area contributed by atoms with E-state index < -0.39 is 12.1 Å². The highest BCUT2D eigenvalue weighted by Gasteiger charge is 2.21. The molecule has 28 heavy (non-hydrogen) atoms. The highest BCUT2D eigenvalue weighted by Crippen LogP contribution is 2.24. The zero-order valence-corrected chi connectivity index (χ0v) is 16.9. The van der Waals surface area contributed by atoms with Gasteiger partial charge in [-0.2, -0.15) is 0 Å². The third-order valence-electron chi connectivity index (χ3n) is 4.29. The summed E-state index contributed by atoms with van der Waals surface area (Å²) in [6.45, 7) is 5.62. The van der Waals surface area contributed by atoms with E-state index in [2.05, 4.69) is 17.2 Å². The van der Waals surface area contributed by atoms with E-state index in [4.69, 9.17) is 4.74 Å². The van der Waals surface area contributed by atoms with Crippen LogP contribution < -0.4 is 5.32 Å². The maximum absolute atomic E-state index is 12.3. The molecule has 144 valence electrons. The number of rotatable bonds is 6. The summed E-state index contributed by atoms with van der Waals surface area (Å²) < 4.78 is 5.28. The van der Waals surface area contributed by atoms with Crippen LogP contribution in [-0.4, -0.2) is 23.0 Å². The molecule has 1 atom stereocenters. The SMILES string of the molecule is CCc1ccc(NC(=O)[C@@H](C)OC(=O)c2csc(-c3ccc(C)cc3)n2)cc1. The van der Waals surface area contributed by atoms with E-state index in [1.807, 2.05) is 55.5 Å². The minimum absolute atomic E-state index is 0.201. The van der Waals surface area contributed by atoms with Crippen LogP contribution in [0.4, 0.5) is 5.69 Å². The van der Waals surface area contributed by atoms with Gasteiger partial charge in [0.2, 0.25) is 0 Å². The molecule has 0 aliphatic rings. The number of aryl methyl sites for hydroxylation is 2. The highest BCUT2D eigenvalue weighted by molar-refractivity contribution is 7.13. The number of esters is 1. The van der Waals surface area contributed by atoms with Crippen molar-refractivity contribution >= 4 is 28.9 Å². The van der Waals surface area contributed by atoms with E-state index in [-0.39, 0.29) is 11.6 Å². The van der Waals surface area contributed by atoms with Crippen molar-refractivity contribution in [2.45, 2.75) is 33.3 Å². The fourth-order valence-corrected chi connectivity index (χ4v) is 3.33. The van der Waals surface area contributed by atoms with Crippen molar-refractivity contribution in [2.24, 2.45) is 0 Å². The van der Waals surface area contributed by atoms with Crippen LogP contribution in [0, 0.1) is 6.92 Å². The third-order valence-corrected chi connectivity index (χ3v) is 5.19. The Morgan fingerprint density at radius 1 is 1.11 bits per heavy atom. The smallest absolute Gasteiger partial charge is 0.358 e. The third kappa shape index (κ3) is 4.84. The van der Waals surface area contributed by atoms with Crippen molar-refractivity contribution < 1.29 is 14.3 Å². The molecule has 6 heteroatoms. The highest BCUT2D eigenvalue weighted by atomic mass is 32.1. The number of benzene rings is 2. The first-order chi connectivity index (χ1) is 13.5. The number of hydrogen-bond donors (Lipinski definition) is 1. The standard InChI is InChI=1S/C22H22N2O3S/c1-4-16-7-11-18(12-8-16)23-20(25)15(3)27-22(26)19-13-28-21(24-19)17-9-5-14(2)6-10-17/h5-13,15H,4H2,1-3H3,(H,23,25)/t15-/m1/s1. The van der Waals surface area contributed by atoms with E-state index in [1.165, 1.54) is 16.9 Å². The summed E-state index contributed by atoms with van der Waals surface area (Å²) in [4.78, 5) is 29.0. The molecule has 3 rings (SSSR count). The van der Waals surface area contributed by atoms with Crippen molar-refractivity contribution in [3.8, 4) is 10.6 Å². The monoisotopic (exact) mass is 394 g/mol. The van der Waals surface area contributed by atoms with Crippen molar-refractivity contribution in [3.63, 3.8) is 0 Å². The second kappa shape index (κ2) is 8.80. The lowest BCUT2D eigenvalue weighted by Gasteiger charge is -2.13.